The summed E-state index contributed by atoms with van der Waals surface area (Å²) >= 11 is 3.31. The van der Waals surface area contributed by atoms with Crippen LogP contribution in [-0.4, -0.2) is 19.9 Å². The Kier molecular flexibility index (Phi) is 4.76. The lowest BCUT2D eigenvalue weighted by molar-refractivity contribution is -0.119. The fourth-order valence-corrected chi connectivity index (χ4v) is 3.42. The molecule has 0 fully saturated rings. The zero-order valence-electron chi connectivity index (χ0n) is 11.0. The highest BCUT2D eigenvalue weighted by Crippen LogP contribution is 2.21. The molecule has 106 valence electrons. The minimum Gasteiger partial charge on any atom is -0.370 e. The van der Waals surface area contributed by atoms with Gasteiger partial charge in [0.15, 0.2) is 0 Å². The van der Waals surface area contributed by atoms with Gasteiger partial charge in [-0.15, -0.1) is 0 Å². The fourth-order valence-electron chi connectivity index (χ4n) is 1.68. The number of halogens is 1. The van der Waals surface area contributed by atoms with Gasteiger partial charge in [0.2, 0.25) is 15.9 Å². The Labute approximate surface area is 121 Å². The molecule has 19 heavy (non-hydrogen) atoms. The van der Waals surface area contributed by atoms with E-state index in [0.29, 0.717) is 0 Å². The molecule has 7 heteroatoms. The summed E-state index contributed by atoms with van der Waals surface area (Å²) in [7, 11) is -3.68. The first-order valence-electron chi connectivity index (χ1n) is 5.62. The maximum absolute atomic E-state index is 12.2. The largest absolute Gasteiger partial charge is 0.370 e. The van der Waals surface area contributed by atoms with Crippen molar-refractivity contribution >= 4 is 31.9 Å². The quantitative estimate of drug-likeness (QED) is 0.848. The van der Waals surface area contributed by atoms with Gasteiger partial charge in [0.05, 0.1) is 4.90 Å². The smallest absolute Gasteiger partial charge is 0.241 e. The van der Waals surface area contributed by atoms with Crippen LogP contribution < -0.4 is 10.5 Å². The molecule has 0 aliphatic carbocycles. The van der Waals surface area contributed by atoms with E-state index in [1.807, 2.05) is 0 Å². The summed E-state index contributed by atoms with van der Waals surface area (Å²) in [4.78, 5) is 11.1. The Morgan fingerprint density at radius 3 is 2.47 bits per heavy atom. The molecule has 0 spiro atoms. The predicted molar refractivity (Wildman–Crippen MR) is 77.1 cm³/mol. The van der Waals surface area contributed by atoms with E-state index in [1.165, 1.54) is 6.07 Å². The van der Waals surface area contributed by atoms with Gasteiger partial charge >= 0.3 is 0 Å². The first kappa shape index (κ1) is 16.1. The van der Waals surface area contributed by atoms with Crippen LogP contribution in [0.4, 0.5) is 0 Å². The van der Waals surface area contributed by atoms with Gasteiger partial charge in [-0.05, 0) is 44.5 Å². The number of amides is 1. The molecule has 1 aromatic carbocycles. The zero-order valence-corrected chi connectivity index (χ0v) is 13.4. The molecule has 1 rings (SSSR count). The summed E-state index contributed by atoms with van der Waals surface area (Å²) in [6, 6.07) is 4.73. The van der Waals surface area contributed by atoms with Crippen molar-refractivity contribution in [2.24, 2.45) is 5.73 Å². The Morgan fingerprint density at radius 1 is 1.42 bits per heavy atom. The molecule has 5 nitrogen and oxygen atoms in total. The monoisotopic (exact) mass is 348 g/mol. The summed E-state index contributed by atoms with van der Waals surface area (Å²) in [5.41, 5.74) is 4.99. The third-order valence-corrected chi connectivity index (χ3v) is 5.05. The molecule has 0 saturated heterocycles. The van der Waals surface area contributed by atoms with Gasteiger partial charge < -0.3 is 5.73 Å². The van der Waals surface area contributed by atoms with E-state index in [1.54, 1.807) is 32.9 Å². The first-order chi connectivity index (χ1) is 8.53. The molecule has 0 atom stereocenters. The molecule has 0 unspecified atom stereocenters. The first-order valence-corrected chi connectivity index (χ1v) is 7.89. The second-order valence-corrected chi connectivity index (χ2v) is 7.58. The molecule has 0 bridgehead atoms. The van der Waals surface area contributed by atoms with Gasteiger partial charge in [0.1, 0.15) is 0 Å². The summed E-state index contributed by atoms with van der Waals surface area (Å²) in [5.74, 6) is -0.556. The maximum Gasteiger partial charge on any atom is 0.241 e. The third-order valence-electron chi connectivity index (χ3n) is 2.47. The number of nitrogens with one attached hydrogen (secondary N) is 1. The van der Waals surface area contributed by atoms with E-state index in [-0.39, 0.29) is 11.3 Å². The molecule has 0 radical (unpaired) electrons. The summed E-state index contributed by atoms with van der Waals surface area (Å²) in [6.07, 6.45) is -0.0677. The molecule has 1 amide bonds. The van der Waals surface area contributed by atoms with Crippen LogP contribution in [0.2, 0.25) is 0 Å². The summed E-state index contributed by atoms with van der Waals surface area (Å²) < 4.78 is 27.7. The van der Waals surface area contributed by atoms with Crippen LogP contribution in [0.25, 0.3) is 0 Å². The molecule has 0 aliphatic heterocycles. The maximum atomic E-state index is 12.2. The fraction of sp³-hybridized carbons (Fsp3) is 0.417. The van der Waals surface area contributed by atoms with E-state index in [0.717, 1.165) is 10.0 Å². The number of hydrogen-bond donors (Lipinski definition) is 2. The number of primary amides is 1. The van der Waals surface area contributed by atoms with E-state index in [2.05, 4.69) is 20.7 Å². The lowest BCUT2D eigenvalue weighted by atomic mass is 10.0. The minimum atomic E-state index is -3.68. The summed E-state index contributed by atoms with van der Waals surface area (Å²) in [6.45, 7) is 5.03. The highest BCUT2D eigenvalue weighted by Gasteiger charge is 2.28. The van der Waals surface area contributed by atoms with Crippen LogP contribution in [0.5, 0.6) is 0 Å². The van der Waals surface area contributed by atoms with E-state index in [9.17, 15) is 13.2 Å². The minimum absolute atomic E-state index is 0.0677. The third kappa shape index (κ3) is 4.59. The highest BCUT2D eigenvalue weighted by atomic mass is 79.9. The summed E-state index contributed by atoms with van der Waals surface area (Å²) in [5, 5.41) is 0. The number of carbonyl (C=O) groups is 1. The van der Waals surface area contributed by atoms with Crippen molar-refractivity contribution < 1.29 is 13.2 Å². The number of nitrogens with two attached hydrogens (primary N) is 1. The second kappa shape index (κ2) is 5.60. The molecule has 0 heterocycles. The number of carbonyl (C=O) groups excluding carboxylic acids is 1. The van der Waals surface area contributed by atoms with Crippen molar-refractivity contribution in [1.29, 1.82) is 0 Å². The lowest BCUT2D eigenvalue weighted by Gasteiger charge is -2.24. The van der Waals surface area contributed by atoms with Gasteiger partial charge in [0.25, 0.3) is 0 Å². The van der Waals surface area contributed by atoms with E-state index in [4.69, 9.17) is 5.73 Å². The van der Waals surface area contributed by atoms with Gasteiger partial charge in [0, 0.05) is 16.4 Å². The Hall–Kier alpha value is -0.920. The van der Waals surface area contributed by atoms with Crippen molar-refractivity contribution in [2.75, 3.05) is 0 Å². The average molecular weight is 349 g/mol. The second-order valence-electron chi connectivity index (χ2n) is 5.04. The molecule has 0 saturated carbocycles. The molecule has 1 aromatic rings. The topological polar surface area (TPSA) is 89.3 Å². The zero-order chi connectivity index (χ0) is 14.8. The number of rotatable bonds is 5. The highest BCUT2D eigenvalue weighted by molar-refractivity contribution is 9.10. The van der Waals surface area contributed by atoms with Gasteiger partial charge in [-0.1, -0.05) is 15.9 Å². The van der Waals surface area contributed by atoms with Crippen LogP contribution >= 0.6 is 15.9 Å². The van der Waals surface area contributed by atoms with Gasteiger partial charge in [-0.3, -0.25) is 4.79 Å². The number of aryl methyl sites for hydroxylation is 1. The van der Waals surface area contributed by atoms with Crippen LogP contribution in [0, 0.1) is 6.92 Å². The standard InChI is InChI=1S/C12H17BrN2O3S/c1-8-6-9(4-5-10(8)13)19(17,18)15-12(2,3)7-11(14)16/h4-6,15H,7H2,1-3H3,(H2,14,16). The predicted octanol–water partition coefficient (Wildman–Crippen LogP) is 1.69. The molecule has 3 N–H and O–H groups in total. The molecular weight excluding hydrogens is 332 g/mol. The van der Waals surface area contributed by atoms with Crippen molar-refractivity contribution in [2.45, 2.75) is 37.6 Å². The molecule has 0 aliphatic rings. The van der Waals surface area contributed by atoms with E-state index >= 15 is 0 Å². The van der Waals surface area contributed by atoms with E-state index < -0.39 is 21.5 Å². The van der Waals surface area contributed by atoms with Gasteiger partial charge in [-0.25, -0.2) is 13.1 Å². The molecular formula is C12H17BrN2O3S. The number of benzene rings is 1. The van der Waals surface area contributed by atoms with Crippen LogP contribution in [0.15, 0.2) is 27.6 Å². The molecule has 0 aromatic heterocycles. The Bertz CT molecular complexity index is 597. The number of hydrogen-bond acceptors (Lipinski definition) is 3. The average Bonchev–Trinajstić information content (AvgIpc) is 2.17. The lowest BCUT2D eigenvalue weighted by Crippen LogP contribution is -2.45. The van der Waals surface area contributed by atoms with Crippen molar-refractivity contribution in [3.05, 3.63) is 28.2 Å². The number of sulfonamides is 1. The normalized spacial score (nSPS) is 12.4. The van der Waals surface area contributed by atoms with Crippen LogP contribution in [-0.2, 0) is 14.8 Å². The van der Waals surface area contributed by atoms with Crippen molar-refractivity contribution in [3.8, 4) is 0 Å². The Morgan fingerprint density at radius 2 is 2.00 bits per heavy atom. The Balaban J connectivity index is 3.04. The SMILES string of the molecule is Cc1cc(S(=O)(=O)NC(C)(C)CC(N)=O)ccc1Br. The van der Waals surface area contributed by atoms with Gasteiger partial charge in [-0.2, -0.15) is 0 Å². The van der Waals surface area contributed by atoms with Crippen LogP contribution in [0.1, 0.15) is 25.8 Å². The van der Waals surface area contributed by atoms with Crippen molar-refractivity contribution in [3.63, 3.8) is 0 Å². The van der Waals surface area contributed by atoms with Crippen molar-refractivity contribution in [1.82, 2.24) is 4.72 Å². The van der Waals surface area contributed by atoms with Crippen LogP contribution in [0.3, 0.4) is 0 Å².